The number of benzene rings is 1. The Morgan fingerprint density at radius 1 is 1.31 bits per heavy atom. The van der Waals surface area contributed by atoms with Crippen molar-refractivity contribution in [3.05, 3.63) is 60.2 Å². The number of nitrogens with one attached hydrogen (secondary N) is 2. The number of nitrogens with zero attached hydrogens (tertiary/aromatic N) is 2. The van der Waals surface area contributed by atoms with Gasteiger partial charge in [0.05, 0.1) is 25.1 Å². The Bertz CT molecular complexity index is 1010. The van der Waals surface area contributed by atoms with E-state index in [1.807, 2.05) is 0 Å². The van der Waals surface area contributed by atoms with Crippen LogP contribution in [-0.2, 0) is 0 Å². The molecular formula is C19H17F3N4O3. The van der Waals surface area contributed by atoms with Crippen molar-refractivity contribution in [3.63, 3.8) is 0 Å². The van der Waals surface area contributed by atoms with Crippen LogP contribution in [0, 0.1) is 0 Å². The minimum absolute atomic E-state index is 0.0881. The van der Waals surface area contributed by atoms with Gasteiger partial charge in [0.2, 0.25) is 0 Å². The summed E-state index contributed by atoms with van der Waals surface area (Å²) >= 11 is 0. The smallest absolute Gasteiger partial charge is 0.410 e. The normalized spacial score (nSPS) is 18.6. The van der Waals surface area contributed by atoms with Gasteiger partial charge in [-0.05, 0) is 24.3 Å². The van der Waals surface area contributed by atoms with Crippen LogP contribution in [0.1, 0.15) is 34.8 Å². The molecule has 2 N–H and O–H groups in total. The maximum absolute atomic E-state index is 13.7. The molecule has 2 aromatic heterocycles. The summed E-state index contributed by atoms with van der Waals surface area (Å²) in [5, 5.41) is 9.49. The molecule has 4 rings (SSSR count). The molecule has 0 unspecified atom stereocenters. The number of hydrogen-bond acceptors (Lipinski definition) is 5. The molecule has 1 aromatic carbocycles. The fourth-order valence-corrected chi connectivity index (χ4v) is 3.29. The highest BCUT2D eigenvalue weighted by atomic mass is 19.4. The number of halogens is 3. The lowest BCUT2D eigenvalue weighted by atomic mass is 10.0. The van der Waals surface area contributed by atoms with Crippen molar-refractivity contribution in [2.45, 2.75) is 24.7 Å². The van der Waals surface area contributed by atoms with Crippen molar-refractivity contribution in [2.75, 3.05) is 17.7 Å². The van der Waals surface area contributed by atoms with Crippen LogP contribution in [0.4, 0.5) is 24.7 Å². The van der Waals surface area contributed by atoms with Crippen molar-refractivity contribution < 1.29 is 27.1 Å². The summed E-state index contributed by atoms with van der Waals surface area (Å²) in [6.45, 7) is 0. The molecule has 0 saturated carbocycles. The van der Waals surface area contributed by atoms with Gasteiger partial charge in [-0.2, -0.15) is 18.3 Å². The number of amides is 1. The first kappa shape index (κ1) is 18.9. The number of anilines is 2. The molecule has 0 radical (unpaired) electrons. The molecule has 0 aliphatic carbocycles. The Balaban J connectivity index is 1.64. The van der Waals surface area contributed by atoms with Gasteiger partial charge in [-0.15, -0.1) is 0 Å². The SMILES string of the molecule is COc1ccccc1NC(=O)c1cc2n(n1)[C@@H](C(F)(F)F)C[C@@H](c1ccco1)N2. The van der Waals surface area contributed by atoms with Crippen LogP contribution in [-0.4, -0.2) is 29.0 Å². The summed E-state index contributed by atoms with van der Waals surface area (Å²) in [5.74, 6) is 0.250. The Hall–Kier alpha value is -3.43. The van der Waals surface area contributed by atoms with E-state index in [-0.39, 0.29) is 17.9 Å². The average Bonchev–Trinajstić information content (AvgIpc) is 3.36. The molecule has 1 aliphatic heterocycles. The molecular weight excluding hydrogens is 389 g/mol. The first-order chi connectivity index (χ1) is 13.9. The molecule has 0 saturated heterocycles. The third kappa shape index (κ3) is 3.65. The van der Waals surface area contributed by atoms with Crippen LogP contribution >= 0.6 is 0 Å². The third-order valence-corrected chi connectivity index (χ3v) is 4.66. The quantitative estimate of drug-likeness (QED) is 0.671. The predicted octanol–water partition coefficient (Wildman–Crippen LogP) is 4.40. The minimum Gasteiger partial charge on any atom is -0.495 e. The van der Waals surface area contributed by atoms with Gasteiger partial charge in [-0.25, -0.2) is 4.68 Å². The first-order valence-electron chi connectivity index (χ1n) is 8.77. The maximum atomic E-state index is 13.7. The number of ether oxygens (including phenoxy) is 1. The average molecular weight is 406 g/mol. The van der Waals surface area contributed by atoms with E-state index in [0.29, 0.717) is 17.2 Å². The van der Waals surface area contributed by atoms with Crippen LogP contribution < -0.4 is 15.4 Å². The lowest BCUT2D eigenvalue weighted by molar-refractivity contribution is -0.174. The Kier molecular flexibility index (Phi) is 4.69. The predicted molar refractivity (Wildman–Crippen MR) is 98.0 cm³/mol. The highest BCUT2D eigenvalue weighted by molar-refractivity contribution is 6.04. The molecule has 3 heterocycles. The van der Waals surface area contributed by atoms with E-state index in [9.17, 15) is 18.0 Å². The summed E-state index contributed by atoms with van der Waals surface area (Å²) in [7, 11) is 1.45. The van der Waals surface area contributed by atoms with E-state index < -0.39 is 24.2 Å². The number of rotatable bonds is 4. The summed E-state index contributed by atoms with van der Waals surface area (Å²) in [6, 6.07) is 8.64. The molecule has 0 spiro atoms. The number of hydrogen-bond donors (Lipinski definition) is 2. The second-order valence-electron chi connectivity index (χ2n) is 6.52. The van der Waals surface area contributed by atoms with E-state index in [4.69, 9.17) is 9.15 Å². The minimum atomic E-state index is -4.54. The summed E-state index contributed by atoms with van der Waals surface area (Å²) in [4.78, 5) is 12.6. The number of methoxy groups -OCH3 is 1. The number of fused-ring (bicyclic) bond motifs is 1. The van der Waals surface area contributed by atoms with Gasteiger partial charge in [0.25, 0.3) is 5.91 Å². The van der Waals surface area contributed by atoms with Crippen molar-refractivity contribution in [1.82, 2.24) is 9.78 Å². The monoisotopic (exact) mass is 406 g/mol. The van der Waals surface area contributed by atoms with Gasteiger partial charge >= 0.3 is 6.18 Å². The van der Waals surface area contributed by atoms with Crippen LogP contribution in [0.2, 0.25) is 0 Å². The Labute approximate surface area is 163 Å². The van der Waals surface area contributed by atoms with Crippen molar-refractivity contribution >= 4 is 17.4 Å². The zero-order valence-electron chi connectivity index (χ0n) is 15.2. The zero-order chi connectivity index (χ0) is 20.6. The molecule has 1 amide bonds. The molecule has 0 bridgehead atoms. The summed E-state index contributed by atoms with van der Waals surface area (Å²) in [6.07, 6.45) is -3.44. The number of para-hydroxylation sites is 2. The second kappa shape index (κ2) is 7.19. The molecule has 10 heteroatoms. The molecule has 0 fully saturated rings. The van der Waals surface area contributed by atoms with E-state index >= 15 is 0 Å². The van der Waals surface area contributed by atoms with Crippen LogP contribution in [0.15, 0.2) is 53.1 Å². The van der Waals surface area contributed by atoms with Gasteiger partial charge in [-0.3, -0.25) is 4.79 Å². The van der Waals surface area contributed by atoms with E-state index in [1.54, 1.807) is 36.4 Å². The van der Waals surface area contributed by atoms with Crippen molar-refractivity contribution in [1.29, 1.82) is 0 Å². The topological polar surface area (TPSA) is 81.3 Å². The highest BCUT2D eigenvalue weighted by Crippen LogP contribution is 2.43. The van der Waals surface area contributed by atoms with Gasteiger partial charge in [0.15, 0.2) is 11.7 Å². The van der Waals surface area contributed by atoms with Gasteiger partial charge < -0.3 is 19.8 Å². The molecule has 1 aliphatic rings. The maximum Gasteiger partial charge on any atom is 0.410 e. The highest BCUT2D eigenvalue weighted by Gasteiger charge is 2.47. The largest absolute Gasteiger partial charge is 0.495 e. The molecule has 152 valence electrons. The van der Waals surface area contributed by atoms with Gasteiger partial charge in [-0.1, -0.05) is 12.1 Å². The van der Waals surface area contributed by atoms with E-state index in [0.717, 1.165) is 4.68 Å². The number of carbonyl (C=O) groups is 1. The standard InChI is InChI=1S/C19H17F3N4O3/c1-28-14-6-3-2-5-11(14)24-18(27)13-10-17-23-12(15-7-4-8-29-15)9-16(19(20,21)22)26(17)25-13/h2-8,10,12,16,23H,9H2,1H3,(H,24,27)/t12-,16+/m0/s1. The fourth-order valence-electron chi connectivity index (χ4n) is 3.29. The summed E-state index contributed by atoms with van der Waals surface area (Å²) in [5.41, 5.74) is 0.243. The summed E-state index contributed by atoms with van der Waals surface area (Å²) < 4.78 is 52.2. The van der Waals surface area contributed by atoms with Gasteiger partial charge in [0.1, 0.15) is 17.3 Å². The van der Waals surface area contributed by atoms with Crippen LogP contribution in [0.5, 0.6) is 5.75 Å². The Morgan fingerprint density at radius 3 is 2.79 bits per heavy atom. The second-order valence-corrected chi connectivity index (χ2v) is 6.52. The van der Waals surface area contributed by atoms with Crippen LogP contribution in [0.3, 0.4) is 0 Å². The van der Waals surface area contributed by atoms with Gasteiger partial charge in [0, 0.05) is 12.5 Å². The molecule has 3 aromatic rings. The lowest BCUT2D eigenvalue weighted by Crippen LogP contribution is -2.35. The van der Waals surface area contributed by atoms with Crippen LogP contribution in [0.25, 0.3) is 0 Å². The number of alkyl halides is 3. The number of carbonyl (C=O) groups excluding carboxylic acids is 1. The number of aromatic nitrogens is 2. The molecule has 2 atom stereocenters. The van der Waals surface area contributed by atoms with Crippen molar-refractivity contribution in [2.24, 2.45) is 0 Å². The Morgan fingerprint density at radius 2 is 2.10 bits per heavy atom. The third-order valence-electron chi connectivity index (χ3n) is 4.66. The number of furan rings is 1. The van der Waals surface area contributed by atoms with E-state index in [1.165, 1.54) is 19.4 Å². The first-order valence-corrected chi connectivity index (χ1v) is 8.77. The lowest BCUT2D eigenvalue weighted by Gasteiger charge is -2.32. The fraction of sp³-hybridized carbons (Fsp3) is 0.263. The molecule has 7 nitrogen and oxygen atoms in total. The zero-order valence-corrected chi connectivity index (χ0v) is 15.2. The van der Waals surface area contributed by atoms with Crippen molar-refractivity contribution in [3.8, 4) is 5.75 Å². The molecule has 29 heavy (non-hydrogen) atoms. The van der Waals surface area contributed by atoms with E-state index in [2.05, 4.69) is 15.7 Å².